The van der Waals surface area contributed by atoms with Gasteiger partial charge < -0.3 is 5.32 Å². The van der Waals surface area contributed by atoms with Gasteiger partial charge >= 0.3 is 0 Å². The molecule has 1 atom stereocenters. The van der Waals surface area contributed by atoms with Gasteiger partial charge in [-0.2, -0.15) is 4.31 Å². The van der Waals surface area contributed by atoms with Crippen LogP contribution in [0, 0.1) is 10.1 Å². The summed E-state index contributed by atoms with van der Waals surface area (Å²) in [5, 5.41) is 14.5. The van der Waals surface area contributed by atoms with E-state index in [-0.39, 0.29) is 16.6 Å². The van der Waals surface area contributed by atoms with Crippen LogP contribution in [0.2, 0.25) is 0 Å². The molecule has 1 aromatic rings. The number of benzene rings is 1. The first-order valence-corrected chi connectivity index (χ1v) is 8.92. The van der Waals surface area contributed by atoms with Crippen LogP contribution in [-0.2, 0) is 10.0 Å². The molecule has 3 rings (SSSR count). The third-order valence-electron chi connectivity index (χ3n) is 4.11. The molecule has 1 saturated carbocycles. The molecule has 0 aromatic heterocycles. The van der Waals surface area contributed by atoms with Gasteiger partial charge in [0.25, 0.3) is 5.69 Å². The van der Waals surface area contributed by atoms with Gasteiger partial charge in [0, 0.05) is 31.2 Å². The Morgan fingerprint density at radius 3 is 2.59 bits per heavy atom. The zero-order chi connectivity index (χ0) is 15.7. The number of rotatable bonds is 5. The summed E-state index contributed by atoms with van der Waals surface area (Å²) in [5.74, 6) is 0. The molecular weight excluding hydrogens is 306 g/mol. The first-order valence-electron chi connectivity index (χ1n) is 7.48. The molecule has 1 heterocycles. The van der Waals surface area contributed by atoms with E-state index in [1.165, 1.54) is 28.6 Å². The maximum absolute atomic E-state index is 12.8. The highest BCUT2D eigenvalue weighted by Crippen LogP contribution is 2.29. The maximum atomic E-state index is 12.8. The topological polar surface area (TPSA) is 92.5 Å². The molecule has 0 radical (unpaired) electrons. The Labute approximate surface area is 129 Å². The lowest BCUT2D eigenvalue weighted by Crippen LogP contribution is -2.48. The molecule has 120 valence electrons. The summed E-state index contributed by atoms with van der Waals surface area (Å²) in [6.07, 6.45) is 4.00. The standard InChI is InChI=1S/C14H19N3O4S/c18-17(19)13-5-1-2-6-14(13)22(20,21)16-9-3-4-12(10-16)15-11-7-8-11/h1-2,5-6,11-12,15H,3-4,7-10H2. The zero-order valence-electron chi connectivity index (χ0n) is 12.1. The Balaban J connectivity index is 1.84. The molecule has 2 fully saturated rings. The van der Waals surface area contributed by atoms with Crippen molar-refractivity contribution in [2.45, 2.75) is 42.7 Å². The van der Waals surface area contributed by atoms with Crippen LogP contribution in [0.4, 0.5) is 5.69 Å². The Morgan fingerprint density at radius 1 is 1.18 bits per heavy atom. The molecule has 1 unspecified atom stereocenters. The lowest BCUT2D eigenvalue weighted by Gasteiger charge is -2.32. The Kier molecular flexibility index (Phi) is 4.16. The molecule has 0 bridgehead atoms. The third-order valence-corrected chi connectivity index (χ3v) is 6.03. The number of nitrogens with zero attached hydrogens (tertiary/aromatic N) is 2. The average molecular weight is 325 g/mol. The van der Waals surface area contributed by atoms with Gasteiger partial charge in [-0.3, -0.25) is 10.1 Å². The van der Waals surface area contributed by atoms with Gasteiger partial charge in [0.15, 0.2) is 4.90 Å². The predicted octanol–water partition coefficient (Wildman–Crippen LogP) is 1.50. The number of hydrogen-bond donors (Lipinski definition) is 1. The largest absolute Gasteiger partial charge is 0.310 e. The van der Waals surface area contributed by atoms with E-state index in [0.717, 1.165) is 25.7 Å². The van der Waals surface area contributed by atoms with Gasteiger partial charge in [-0.05, 0) is 31.7 Å². The Morgan fingerprint density at radius 2 is 1.91 bits per heavy atom. The molecule has 1 aromatic carbocycles. The van der Waals surface area contributed by atoms with E-state index in [2.05, 4.69) is 5.32 Å². The van der Waals surface area contributed by atoms with Crippen molar-refractivity contribution >= 4 is 15.7 Å². The molecule has 22 heavy (non-hydrogen) atoms. The number of hydrogen-bond acceptors (Lipinski definition) is 5. The maximum Gasteiger partial charge on any atom is 0.289 e. The van der Waals surface area contributed by atoms with Crippen molar-refractivity contribution in [3.63, 3.8) is 0 Å². The fourth-order valence-electron chi connectivity index (χ4n) is 2.85. The zero-order valence-corrected chi connectivity index (χ0v) is 13.0. The fraction of sp³-hybridized carbons (Fsp3) is 0.571. The van der Waals surface area contributed by atoms with Gasteiger partial charge in [0.1, 0.15) is 0 Å². The number of nitro groups is 1. The second-order valence-corrected chi connectivity index (χ2v) is 7.77. The number of sulfonamides is 1. The van der Waals surface area contributed by atoms with Crippen LogP contribution >= 0.6 is 0 Å². The molecular formula is C14H19N3O4S. The fourth-order valence-corrected chi connectivity index (χ4v) is 4.53. The van der Waals surface area contributed by atoms with Crippen molar-refractivity contribution in [1.82, 2.24) is 9.62 Å². The molecule has 7 nitrogen and oxygen atoms in total. The van der Waals surface area contributed by atoms with E-state index in [9.17, 15) is 18.5 Å². The van der Waals surface area contributed by atoms with Crippen LogP contribution in [0.3, 0.4) is 0 Å². The van der Waals surface area contributed by atoms with Crippen LogP contribution < -0.4 is 5.32 Å². The number of piperidine rings is 1. The summed E-state index contributed by atoms with van der Waals surface area (Å²) in [6, 6.07) is 6.19. The highest BCUT2D eigenvalue weighted by molar-refractivity contribution is 7.89. The summed E-state index contributed by atoms with van der Waals surface area (Å²) >= 11 is 0. The molecule has 1 aliphatic heterocycles. The molecule has 0 amide bonds. The van der Waals surface area contributed by atoms with Crippen LogP contribution in [0.5, 0.6) is 0 Å². The minimum Gasteiger partial charge on any atom is -0.310 e. The summed E-state index contributed by atoms with van der Waals surface area (Å²) < 4.78 is 26.9. The van der Waals surface area contributed by atoms with Gasteiger partial charge in [0.2, 0.25) is 10.0 Å². The van der Waals surface area contributed by atoms with Crippen LogP contribution in [-0.4, -0.2) is 42.8 Å². The van der Waals surface area contributed by atoms with Gasteiger partial charge in [-0.15, -0.1) is 0 Å². The summed E-state index contributed by atoms with van der Waals surface area (Å²) in [4.78, 5) is 10.2. The van der Waals surface area contributed by atoms with Crippen molar-refractivity contribution in [2.75, 3.05) is 13.1 Å². The smallest absolute Gasteiger partial charge is 0.289 e. The minimum atomic E-state index is -3.83. The molecule has 2 aliphatic rings. The molecule has 8 heteroatoms. The first-order chi connectivity index (χ1) is 10.5. The first kappa shape index (κ1) is 15.4. The minimum absolute atomic E-state index is 0.138. The SMILES string of the molecule is O=[N+]([O-])c1ccccc1S(=O)(=O)N1CCCC(NC2CC2)C1. The average Bonchev–Trinajstić information content (AvgIpc) is 3.31. The van der Waals surface area contributed by atoms with Crippen LogP contribution in [0.25, 0.3) is 0 Å². The normalized spacial score (nSPS) is 23.4. The summed E-state index contributed by atoms with van der Waals surface area (Å²) in [6.45, 7) is 0.794. The summed E-state index contributed by atoms with van der Waals surface area (Å²) in [5.41, 5.74) is -0.361. The monoisotopic (exact) mass is 325 g/mol. The number of nitrogens with one attached hydrogen (secondary N) is 1. The molecule has 0 spiro atoms. The van der Waals surface area contributed by atoms with E-state index in [1.807, 2.05) is 0 Å². The van der Waals surface area contributed by atoms with E-state index in [0.29, 0.717) is 19.1 Å². The number of para-hydroxylation sites is 1. The lowest BCUT2D eigenvalue weighted by molar-refractivity contribution is -0.387. The van der Waals surface area contributed by atoms with Gasteiger partial charge in [-0.1, -0.05) is 12.1 Å². The quantitative estimate of drug-likeness (QED) is 0.654. The second-order valence-electron chi connectivity index (χ2n) is 5.87. The van der Waals surface area contributed by atoms with E-state index in [4.69, 9.17) is 0 Å². The van der Waals surface area contributed by atoms with Crippen molar-refractivity contribution in [2.24, 2.45) is 0 Å². The summed E-state index contributed by atoms with van der Waals surface area (Å²) in [7, 11) is -3.83. The molecule has 1 aliphatic carbocycles. The predicted molar refractivity (Wildman–Crippen MR) is 81.0 cm³/mol. The Bertz CT molecular complexity index is 672. The highest BCUT2D eigenvalue weighted by atomic mass is 32.2. The van der Waals surface area contributed by atoms with Crippen molar-refractivity contribution < 1.29 is 13.3 Å². The van der Waals surface area contributed by atoms with Gasteiger partial charge in [0.05, 0.1) is 4.92 Å². The van der Waals surface area contributed by atoms with Gasteiger partial charge in [-0.25, -0.2) is 8.42 Å². The third kappa shape index (κ3) is 3.13. The second kappa shape index (κ2) is 5.94. The van der Waals surface area contributed by atoms with E-state index >= 15 is 0 Å². The van der Waals surface area contributed by atoms with Crippen LogP contribution in [0.1, 0.15) is 25.7 Å². The van der Waals surface area contributed by atoms with Crippen molar-refractivity contribution in [3.05, 3.63) is 34.4 Å². The van der Waals surface area contributed by atoms with Crippen LogP contribution in [0.15, 0.2) is 29.2 Å². The highest BCUT2D eigenvalue weighted by Gasteiger charge is 2.36. The molecule has 1 saturated heterocycles. The van der Waals surface area contributed by atoms with Crippen molar-refractivity contribution in [3.8, 4) is 0 Å². The Hall–Kier alpha value is -1.51. The van der Waals surface area contributed by atoms with E-state index in [1.54, 1.807) is 0 Å². The lowest BCUT2D eigenvalue weighted by atomic mass is 10.1. The van der Waals surface area contributed by atoms with Crippen molar-refractivity contribution in [1.29, 1.82) is 0 Å². The number of nitro benzene ring substituents is 1. The van der Waals surface area contributed by atoms with E-state index < -0.39 is 14.9 Å². The molecule has 1 N–H and O–H groups in total.